The molecule has 0 saturated carbocycles. The van der Waals surface area contributed by atoms with Gasteiger partial charge in [0.1, 0.15) is 5.03 Å². The Labute approximate surface area is 185 Å². The summed E-state index contributed by atoms with van der Waals surface area (Å²) in [4.78, 5) is 27.0. The zero-order valence-corrected chi connectivity index (χ0v) is 17.0. The molecule has 0 fully saturated rings. The van der Waals surface area contributed by atoms with Crippen molar-refractivity contribution < 1.29 is 67.5 Å². The van der Waals surface area contributed by atoms with Gasteiger partial charge in [0.25, 0.3) is 0 Å². The molecule has 8 heteroatoms. The Morgan fingerprint density at radius 3 is 2.68 bits per heavy atom. The Morgan fingerprint density at radius 2 is 2.00 bits per heavy atom. The number of carboxylic acids is 1. The maximum Gasteiger partial charge on any atom is 1.00 e. The molecular weight excluding hydrogens is 372 g/mol. The van der Waals surface area contributed by atoms with Gasteiger partial charge in [0.2, 0.25) is 0 Å². The van der Waals surface area contributed by atoms with Crippen LogP contribution in [0.2, 0.25) is 10.0 Å². The van der Waals surface area contributed by atoms with E-state index in [9.17, 15) is 9.59 Å². The number of nitrogens with zero attached hydrogens (tertiary/aromatic N) is 1. The van der Waals surface area contributed by atoms with Gasteiger partial charge < -0.3 is 6.53 Å². The van der Waals surface area contributed by atoms with Gasteiger partial charge in [-0.15, -0.1) is 0 Å². The predicted molar refractivity (Wildman–Crippen MR) is 83.3 cm³/mol. The van der Waals surface area contributed by atoms with Crippen LogP contribution >= 0.6 is 35.0 Å². The Bertz CT molecular complexity index is 718. The summed E-state index contributed by atoms with van der Waals surface area (Å²) in [6.07, 6.45) is 1.48. The second-order valence-electron chi connectivity index (χ2n) is 4.05. The molecule has 0 saturated heterocycles. The number of thioether (sulfide) groups is 1. The SMILES string of the molecule is O=C(Cc1cc(Cl)ccc1Cl)Sc1ncccc1C(=O)O.[H-].[K+]. The van der Waals surface area contributed by atoms with Gasteiger partial charge in [-0.25, -0.2) is 9.78 Å². The Kier molecular flexibility index (Phi) is 8.59. The summed E-state index contributed by atoms with van der Waals surface area (Å²) in [6, 6.07) is 7.76. The van der Waals surface area contributed by atoms with Crippen LogP contribution in [0.4, 0.5) is 0 Å². The van der Waals surface area contributed by atoms with Gasteiger partial charge >= 0.3 is 57.4 Å². The second-order valence-corrected chi connectivity index (χ2v) is 5.94. The van der Waals surface area contributed by atoms with Crippen molar-refractivity contribution in [2.24, 2.45) is 0 Å². The van der Waals surface area contributed by atoms with Crippen molar-refractivity contribution >= 4 is 46.0 Å². The topological polar surface area (TPSA) is 67.3 Å². The van der Waals surface area contributed by atoms with Crippen LogP contribution in [-0.2, 0) is 11.2 Å². The van der Waals surface area contributed by atoms with Gasteiger partial charge in [0.05, 0.1) is 5.56 Å². The molecular formula is C14H10Cl2KNO3S. The molecule has 1 aromatic carbocycles. The number of rotatable bonds is 4. The summed E-state index contributed by atoms with van der Waals surface area (Å²) in [7, 11) is 0. The van der Waals surface area contributed by atoms with Crippen LogP contribution in [0.25, 0.3) is 0 Å². The monoisotopic (exact) mass is 381 g/mol. The molecule has 0 aliphatic rings. The van der Waals surface area contributed by atoms with Gasteiger partial charge in [-0.3, -0.25) is 4.79 Å². The number of hydrogen-bond donors (Lipinski definition) is 1. The average molecular weight is 382 g/mol. The van der Waals surface area contributed by atoms with E-state index in [1.165, 1.54) is 18.3 Å². The van der Waals surface area contributed by atoms with Gasteiger partial charge in [0.15, 0.2) is 5.12 Å². The van der Waals surface area contributed by atoms with E-state index in [0.29, 0.717) is 15.6 Å². The van der Waals surface area contributed by atoms with Crippen molar-refractivity contribution in [1.82, 2.24) is 4.98 Å². The van der Waals surface area contributed by atoms with E-state index in [0.717, 1.165) is 11.8 Å². The van der Waals surface area contributed by atoms with Gasteiger partial charge in [-0.2, -0.15) is 0 Å². The van der Waals surface area contributed by atoms with Crippen molar-refractivity contribution in [3.63, 3.8) is 0 Å². The first kappa shape index (κ1) is 20.1. The molecule has 0 aliphatic heterocycles. The molecule has 0 spiro atoms. The van der Waals surface area contributed by atoms with Crippen molar-refractivity contribution in [3.05, 3.63) is 57.7 Å². The maximum absolute atomic E-state index is 12.0. The van der Waals surface area contributed by atoms with Crippen molar-refractivity contribution in [1.29, 1.82) is 0 Å². The van der Waals surface area contributed by atoms with E-state index in [4.69, 9.17) is 28.3 Å². The van der Waals surface area contributed by atoms with Crippen LogP contribution in [0.5, 0.6) is 0 Å². The molecule has 0 bridgehead atoms. The van der Waals surface area contributed by atoms with Crippen LogP contribution in [0.15, 0.2) is 41.6 Å². The number of pyridine rings is 1. The average Bonchev–Trinajstić information content (AvgIpc) is 2.43. The Hall–Kier alpha value is 0.0764. The van der Waals surface area contributed by atoms with E-state index in [-0.39, 0.29) is 74.9 Å². The molecule has 0 aliphatic carbocycles. The first-order valence-electron chi connectivity index (χ1n) is 5.80. The zero-order valence-electron chi connectivity index (χ0n) is 12.5. The molecule has 1 aromatic heterocycles. The van der Waals surface area contributed by atoms with Crippen LogP contribution in [0.3, 0.4) is 0 Å². The fourth-order valence-electron chi connectivity index (χ4n) is 1.61. The van der Waals surface area contributed by atoms with Crippen molar-refractivity contribution in [3.8, 4) is 0 Å². The molecule has 0 amide bonds. The Morgan fingerprint density at radius 1 is 1.27 bits per heavy atom. The summed E-state index contributed by atoms with van der Waals surface area (Å²) in [5.41, 5.74) is 0.586. The molecule has 2 rings (SSSR count). The summed E-state index contributed by atoms with van der Waals surface area (Å²) >= 11 is 12.6. The minimum atomic E-state index is -1.13. The predicted octanol–water partition coefficient (Wildman–Crippen LogP) is 1.06. The summed E-state index contributed by atoms with van der Waals surface area (Å²) < 4.78 is 0. The maximum atomic E-state index is 12.0. The summed E-state index contributed by atoms with van der Waals surface area (Å²) in [6.45, 7) is 0. The first-order chi connectivity index (χ1) is 9.97. The summed E-state index contributed by atoms with van der Waals surface area (Å²) in [5, 5.41) is 9.86. The van der Waals surface area contributed by atoms with Crippen LogP contribution in [0.1, 0.15) is 17.3 Å². The van der Waals surface area contributed by atoms with Gasteiger partial charge in [-0.1, -0.05) is 23.2 Å². The molecule has 4 nitrogen and oxygen atoms in total. The van der Waals surface area contributed by atoms with E-state index in [2.05, 4.69) is 4.98 Å². The molecule has 2 aromatic rings. The second kappa shape index (κ2) is 9.39. The number of carboxylic acid groups (broad SMARTS) is 1. The van der Waals surface area contributed by atoms with Crippen molar-refractivity contribution in [2.75, 3.05) is 0 Å². The minimum absolute atomic E-state index is 0. The number of halogens is 2. The number of benzene rings is 1. The number of carbonyl (C=O) groups excluding carboxylic acids is 1. The standard InChI is InChI=1S/C14H9Cl2NO3S.K.H/c15-9-3-4-11(16)8(6-9)7-12(18)21-13-10(14(19)20)2-1-5-17-13;;/h1-6H,7H2,(H,19,20);;/q;+1;-1. The molecule has 1 heterocycles. The Balaban J connectivity index is 0.00000242. The van der Waals surface area contributed by atoms with E-state index in [1.54, 1.807) is 18.2 Å². The smallest absolute Gasteiger partial charge is 1.00 e. The number of aromatic carboxylic acids is 1. The number of carbonyl (C=O) groups is 2. The number of hydrogen-bond acceptors (Lipinski definition) is 4. The molecule has 110 valence electrons. The summed E-state index contributed by atoms with van der Waals surface area (Å²) in [5.74, 6) is -1.13. The fraction of sp³-hybridized carbons (Fsp3) is 0.0714. The first-order valence-corrected chi connectivity index (χ1v) is 7.37. The molecule has 0 radical (unpaired) electrons. The normalized spacial score (nSPS) is 9.91. The van der Waals surface area contributed by atoms with Crippen molar-refractivity contribution in [2.45, 2.75) is 11.4 Å². The van der Waals surface area contributed by atoms with Gasteiger partial charge in [-0.05, 0) is 47.7 Å². The van der Waals surface area contributed by atoms with E-state index < -0.39 is 5.97 Å². The van der Waals surface area contributed by atoms with Crippen LogP contribution in [-0.4, -0.2) is 21.2 Å². The fourth-order valence-corrected chi connectivity index (χ4v) is 2.81. The third kappa shape index (κ3) is 5.61. The van der Waals surface area contributed by atoms with Crippen LogP contribution in [0, 0.1) is 0 Å². The molecule has 22 heavy (non-hydrogen) atoms. The van der Waals surface area contributed by atoms with E-state index in [1.807, 2.05) is 0 Å². The molecule has 1 N–H and O–H groups in total. The third-order valence-corrected chi connectivity index (χ3v) is 4.05. The zero-order chi connectivity index (χ0) is 15.4. The van der Waals surface area contributed by atoms with Crippen LogP contribution < -0.4 is 51.4 Å². The largest absolute Gasteiger partial charge is 1.00 e. The van der Waals surface area contributed by atoms with E-state index >= 15 is 0 Å². The number of aromatic nitrogens is 1. The molecule has 0 atom stereocenters. The molecule has 0 unspecified atom stereocenters. The minimum Gasteiger partial charge on any atom is -1.00 e. The quantitative estimate of drug-likeness (QED) is 0.633. The van der Waals surface area contributed by atoms with Gasteiger partial charge in [0, 0.05) is 22.7 Å². The third-order valence-electron chi connectivity index (χ3n) is 2.55.